The highest BCUT2D eigenvalue weighted by atomic mass is 32.1. The Balaban J connectivity index is 1.25. The summed E-state index contributed by atoms with van der Waals surface area (Å²) in [6, 6.07) is 1.78. The summed E-state index contributed by atoms with van der Waals surface area (Å²) in [5.41, 5.74) is 7.50. The number of amides is 2. The molecule has 3 heterocycles. The molecule has 0 spiro atoms. The Bertz CT molecular complexity index is 977. The van der Waals surface area contributed by atoms with E-state index in [1.807, 2.05) is 11.1 Å². The molecule has 2 fully saturated rings. The zero-order chi connectivity index (χ0) is 22.0. The summed E-state index contributed by atoms with van der Waals surface area (Å²) < 4.78 is 4.75. The number of H-pyrrole nitrogens is 1. The van der Waals surface area contributed by atoms with Crippen molar-refractivity contribution in [3.8, 4) is 0 Å². The second kappa shape index (κ2) is 9.17. The van der Waals surface area contributed by atoms with Crippen LogP contribution in [-0.2, 0) is 4.74 Å². The number of aliphatic imine (C=N–C) groups is 1. The maximum atomic E-state index is 12.5. The highest BCUT2D eigenvalue weighted by Gasteiger charge is 2.42. The van der Waals surface area contributed by atoms with Gasteiger partial charge in [-0.25, -0.2) is 14.8 Å². The summed E-state index contributed by atoms with van der Waals surface area (Å²) in [4.78, 5) is 30.1. The first-order chi connectivity index (χ1) is 14.9. The Morgan fingerprint density at radius 2 is 2.16 bits per heavy atom. The minimum absolute atomic E-state index is 0.0227. The van der Waals surface area contributed by atoms with Crippen LogP contribution in [0.25, 0.3) is 11.0 Å². The normalized spacial score (nSPS) is 24.3. The average molecular weight is 444 g/mol. The van der Waals surface area contributed by atoms with Gasteiger partial charge in [0.2, 0.25) is 5.11 Å². The van der Waals surface area contributed by atoms with E-state index < -0.39 is 0 Å². The fraction of sp³-hybridized carbons (Fsp3) is 0.571. The number of hydrogen-bond donors (Lipinski definition) is 3. The van der Waals surface area contributed by atoms with Crippen molar-refractivity contribution in [3.63, 3.8) is 0 Å². The molecule has 1 saturated carbocycles. The van der Waals surface area contributed by atoms with Gasteiger partial charge >= 0.3 is 6.03 Å². The number of rotatable bonds is 4. The van der Waals surface area contributed by atoms with Gasteiger partial charge in [0.1, 0.15) is 12.0 Å². The zero-order valence-electron chi connectivity index (χ0n) is 17.9. The number of likely N-dealkylation sites (tertiary alicyclic amines) is 1. The lowest BCUT2D eigenvalue weighted by atomic mass is 9.92. The predicted octanol–water partition coefficient (Wildman–Crippen LogP) is 2.76. The topological polar surface area (TPSA) is 122 Å². The maximum absolute atomic E-state index is 12.5. The monoisotopic (exact) mass is 443 g/mol. The van der Waals surface area contributed by atoms with Gasteiger partial charge in [0, 0.05) is 24.7 Å². The third-order valence-electron chi connectivity index (χ3n) is 6.63. The van der Waals surface area contributed by atoms with Gasteiger partial charge in [-0.15, -0.1) is 0 Å². The smallest absolute Gasteiger partial charge is 0.323 e. The van der Waals surface area contributed by atoms with Crippen molar-refractivity contribution in [3.05, 3.63) is 24.3 Å². The fourth-order valence-corrected chi connectivity index (χ4v) is 5.26. The van der Waals surface area contributed by atoms with Crippen molar-refractivity contribution in [2.45, 2.75) is 38.5 Å². The van der Waals surface area contributed by atoms with Crippen LogP contribution < -0.4 is 11.1 Å². The van der Waals surface area contributed by atoms with Crippen LogP contribution in [0.3, 0.4) is 0 Å². The first-order valence-electron chi connectivity index (χ1n) is 10.7. The lowest BCUT2D eigenvalue weighted by Crippen LogP contribution is -2.41. The molecule has 166 valence electrons. The van der Waals surface area contributed by atoms with Gasteiger partial charge in [-0.1, -0.05) is 6.92 Å². The van der Waals surface area contributed by atoms with Gasteiger partial charge in [-0.05, 0) is 67.6 Å². The number of aromatic amines is 1. The molecule has 1 saturated heterocycles. The number of nitrogens with two attached hydrogens (primary N) is 1. The Labute approximate surface area is 186 Å². The van der Waals surface area contributed by atoms with Crippen LogP contribution in [0.5, 0.6) is 0 Å². The summed E-state index contributed by atoms with van der Waals surface area (Å²) in [6.45, 7) is 3.79. The number of nitrogens with one attached hydrogen (secondary N) is 2. The number of carbonyl (C=O) groups is 1. The number of thiocarbonyl (C=S) groups is 1. The molecule has 0 aromatic carbocycles. The third-order valence-corrected chi connectivity index (χ3v) is 6.82. The Hall–Kier alpha value is -2.75. The van der Waals surface area contributed by atoms with Gasteiger partial charge < -0.3 is 20.4 Å². The second-order valence-electron chi connectivity index (χ2n) is 8.63. The van der Waals surface area contributed by atoms with Crippen LogP contribution in [0.4, 0.5) is 4.79 Å². The molecule has 0 bridgehead atoms. The summed E-state index contributed by atoms with van der Waals surface area (Å²) in [5.74, 6) is 2.22. The average Bonchev–Trinajstić information content (AvgIpc) is 3.45. The first-order valence-corrected chi connectivity index (χ1v) is 11.1. The van der Waals surface area contributed by atoms with Crippen LogP contribution in [0.15, 0.2) is 23.6 Å². The molecular formula is C21H29N7O2S. The van der Waals surface area contributed by atoms with Crippen molar-refractivity contribution in [2.75, 3.05) is 20.2 Å². The second-order valence-corrected chi connectivity index (χ2v) is 9.02. The molecule has 9 nitrogen and oxygen atoms in total. The number of fused-ring (bicyclic) bond motifs is 2. The number of carbonyl (C=O) groups excluding carboxylic acids is 1. The van der Waals surface area contributed by atoms with Crippen LogP contribution in [-0.4, -0.2) is 57.2 Å². The lowest BCUT2D eigenvalue weighted by Gasteiger charge is -2.20. The Morgan fingerprint density at radius 1 is 1.42 bits per heavy atom. The van der Waals surface area contributed by atoms with E-state index in [9.17, 15) is 4.79 Å². The van der Waals surface area contributed by atoms with Crippen LogP contribution in [0, 0.1) is 17.8 Å². The minimum Gasteiger partial charge on any atom is -0.468 e. The minimum atomic E-state index is -0.212. The SMILES string of the molecule is COC(N)=NC(=S)NC(=O)N1CC2CC(CCC(C)c3ncnc4[nH]ccc34)CC2C1. The number of nitrogens with zero attached hydrogens (tertiary/aromatic N) is 4. The number of ether oxygens (including phenoxy) is 1. The van der Waals surface area contributed by atoms with Crippen molar-refractivity contribution in [2.24, 2.45) is 28.5 Å². The van der Waals surface area contributed by atoms with E-state index in [2.05, 4.69) is 38.3 Å². The number of aromatic nitrogens is 3. The summed E-state index contributed by atoms with van der Waals surface area (Å²) in [7, 11) is 1.40. The third kappa shape index (κ3) is 4.79. The van der Waals surface area contributed by atoms with Crippen molar-refractivity contribution in [1.29, 1.82) is 0 Å². The molecule has 1 aliphatic heterocycles. The molecule has 10 heteroatoms. The molecule has 0 radical (unpaired) electrons. The van der Waals surface area contributed by atoms with Gasteiger partial charge in [-0.3, -0.25) is 5.32 Å². The van der Waals surface area contributed by atoms with Crippen molar-refractivity contribution < 1.29 is 9.53 Å². The molecular weight excluding hydrogens is 414 g/mol. The highest BCUT2D eigenvalue weighted by Crippen LogP contribution is 2.44. The Kier molecular flexibility index (Phi) is 6.35. The fourth-order valence-electron chi connectivity index (χ4n) is 5.08. The van der Waals surface area contributed by atoms with Crippen LogP contribution in [0.2, 0.25) is 0 Å². The van der Waals surface area contributed by atoms with Gasteiger partial charge in [0.15, 0.2) is 0 Å². The number of methoxy groups -OCH3 is 1. The van der Waals surface area contributed by atoms with E-state index in [0.717, 1.165) is 36.2 Å². The molecule has 2 aliphatic rings. The number of amidine groups is 1. The number of hydrogen-bond acceptors (Lipinski definition) is 5. The van der Waals surface area contributed by atoms with E-state index in [4.69, 9.17) is 22.7 Å². The van der Waals surface area contributed by atoms with E-state index in [1.165, 1.54) is 26.4 Å². The number of urea groups is 1. The molecule has 4 N–H and O–H groups in total. The van der Waals surface area contributed by atoms with E-state index in [0.29, 0.717) is 23.7 Å². The van der Waals surface area contributed by atoms with Crippen molar-refractivity contribution in [1.82, 2.24) is 25.2 Å². The quantitative estimate of drug-likeness (QED) is 0.379. The van der Waals surface area contributed by atoms with E-state index >= 15 is 0 Å². The highest BCUT2D eigenvalue weighted by molar-refractivity contribution is 7.80. The molecule has 2 aromatic heterocycles. The summed E-state index contributed by atoms with van der Waals surface area (Å²) >= 11 is 5.03. The molecule has 3 unspecified atom stereocenters. The zero-order valence-corrected chi connectivity index (χ0v) is 18.7. The van der Waals surface area contributed by atoms with Gasteiger partial charge in [0.25, 0.3) is 6.02 Å². The standard InChI is InChI=1S/C21H29N7O2S/c1-12(17-16-5-6-23-18(16)25-11-24-17)3-4-13-7-14-9-28(10-15(14)8-13)21(29)27-20(31)26-19(22)30-2/h5-6,11-15H,3-4,7-10H2,1-2H3,(H,23,24,25)(H3,22,26,27,29,31). The van der Waals surface area contributed by atoms with Crippen molar-refractivity contribution >= 4 is 40.4 Å². The molecule has 4 rings (SSSR count). The molecule has 2 amide bonds. The van der Waals surface area contributed by atoms with Crippen LogP contribution >= 0.6 is 12.2 Å². The molecule has 2 aromatic rings. The van der Waals surface area contributed by atoms with E-state index in [-0.39, 0.29) is 17.2 Å². The molecule has 1 aliphatic carbocycles. The van der Waals surface area contributed by atoms with E-state index in [1.54, 1.807) is 6.33 Å². The predicted molar refractivity (Wildman–Crippen MR) is 123 cm³/mol. The van der Waals surface area contributed by atoms with Gasteiger partial charge in [-0.2, -0.15) is 4.99 Å². The molecule has 31 heavy (non-hydrogen) atoms. The first kappa shape index (κ1) is 21.5. The summed E-state index contributed by atoms with van der Waals surface area (Å²) in [6.07, 6.45) is 8.20. The molecule has 3 atom stereocenters. The summed E-state index contributed by atoms with van der Waals surface area (Å²) in [5, 5.41) is 3.76. The maximum Gasteiger partial charge on any atom is 0.323 e. The van der Waals surface area contributed by atoms with Gasteiger partial charge in [0.05, 0.1) is 12.8 Å². The lowest BCUT2D eigenvalue weighted by molar-refractivity contribution is 0.208. The Morgan fingerprint density at radius 3 is 2.87 bits per heavy atom. The largest absolute Gasteiger partial charge is 0.468 e. The van der Waals surface area contributed by atoms with Crippen LogP contribution in [0.1, 0.15) is 44.2 Å².